The molecule has 0 radical (unpaired) electrons. The van der Waals surface area contributed by atoms with E-state index in [1.165, 1.54) is 0 Å². The highest BCUT2D eigenvalue weighted by Gasteiger charge is 2.49. The van der Waals surface area contributed by atoms with Gasteiger partial charge in [0.2, 0.25) is 0 Å². The molecule has 4 aromatic rings. The van der Waals surface area contributed by atoms with Crippen LogP contribution in [0.15, 0.2) is 133 Å². The third-order valence-electron chi connectivity index (χ3n) is 9.64. The van der Waals surface area contributed by atoms with Crippen LogP contribution in [-0.2, 0) is 54.8 Å². The largest absolute Gasteiger partial charge is 0.444 e. The minimum absolute atomic E-state index is 0.0121. The lowest BCUT2D eigenvalue weighted by molar-refractivity contribution is -0.274. The van der Waals surface area contributed by atoms with Crippen molar-refractivity contribution in [1.29, 1.82) is 0 Å². The Labute approximate surface area is 345 Å². The zero-order valence-electron chi connectivity index (χ0n) is 35.0. The Kier molecular flexibility index (Phi) is 17.1. The molecule has 0 aromatic heterocycles. The number of alkyl carbamates (subject to hydrolysis) is 1. The number of aliphatic hydroxyl groups excluding tert-OH is 1. The highest BCUT2D eigenvalue weighted by molar-refractivity contribution is 5.68. The summed E-state index contributed by atoms with van der Waals surface area (Å²) in [5.74, 6) is 0. The van der Waals surface area contributed by atoms with E-state index in [1.807, 2.05) is 148 Å². The number of rotatable bonds is 19. The second-order valence-electron chi connectivity index (χ2n) is 17.2. The first kappa shape index (κ1) is 44.7. The van der Waals surface area contributed by atoms with Gasteiger partial charge in [0.05, 0.1) is 51.3 Å². The molecule has 1 aliphatic rings. The highest BCUT2D eigenvalue weighted by atomic mass is 16.6. The summed E-state index contributed by atoms with van der Waals surface area (Å²) in [6, 6.07) is 39.1. The monoisotopic (exact) mass is 793 g/mol. The quantitative estimate of drug-likeness (QED) is 0.0906. The summed E-state index contributed by atoms with van der Waals surface area (Å²) < 4.78 is 39.7. The van der Waals surface area contributed by atoms with E-state index < -0.39 is 54.4 Å². The molecule has 1 amide bonds. The second-order valence-corrected chi connectivity index (χ2v) is 17.2. The van der Waals surface area contributed by atoms with E-state index in [-0.39, 0.29) is 25.0 Å². The van der Waals surface area contributed by atoms with Crippen molar-refractivity contribution in [2.45, 2.75) is 129 Å². The van der Waals surface area contributed by atoms with Crippen LogP contribution in [0, 0.1) is 5.41 Å². The van der Waals surface area contributed by atoms with Gasteiger partial charge in [0, 0.05) is 0 Å². The molecule has 9 heteroatoms. The highest BCUT2D eigenvalue weighted by Crippen LogP contribution is 2.33. The fourth-order valence-corrected chi connectivity index (χ4v) is 6.76. The van der Waals surface area contributed by atoms with Crippen molar-refractivity contribution >= 4 is 6.09 Å². The summed E-state index contributed by atoms with van der Waals surface area (Å²) in [6.07, 6.45) is -0.332. The van der Waals surface area contributed by atoms with Gasteiger partial charge < -0.3 is 38.8 Å². The van der Waals surface area contributed by atoms with Crippen molar-refractivity contribution in [3.63, 3.8) is 0 Å². The number of carbonyl (C=O) groups is 1. The first-order valence-electron chi connectivity index (χ1n) is 20.4. The topological polar surface area (TPSA) is 105 Å². The van der Waals surface area contributed by atoms with Crippen molar-refractivity contribution in [2.24, 2.45) is 5.41 Å². The Balaban J connectivity index is 1.53. The van der Waals surface area contributed by atoms with Gasteiger partial charge in [-0.3, -0.25) is 0 Å². The maximum atomic E-state index is 13.4. The van der Waals surface area contributed by atoms with Crippen LogP contribution in [0.1, 0.15) is 76.6 Å². The number of ether oxygens (including phenoxy) is 6. The molecule has 0 saturated carbocycles. The van der Waals surface area contributed by atoms with Crippen LogP contribution < -0.4 is 5.32 Å². The van der Waals surface area contributed by atoms with E-state index in [1.54, 1.807) is 6.08 Å². The molecule has 5 rings (SSSR count). The number of hydrogen-bond donors (Lipinski definition) is 2. The molecule has 312 valence electrons. The van der Waals surface area contributed by atoms with Gasteiger partial charge in [-0.05, 0) is 61.3 Å². The number of benzene rings is 4. The van der Waals surface area contributed by atoms with Gasteiger partial charge in [0.1, 0.15) is 30.0 Å². The summed E-state index contributed by atoms with van der Waals surface area (Å²) in [5.41, 5.74) is 3.28. The third-order valence-corrected chi connectivity index (χ3v) is 9.64. The molecule has 1 heterocycles. The second kappa shape index (κ2) is 22.1. The Hall–Kier alpha value is -4.35. The molecule has 0 unspecified atom stereocenters. The molecule has 7 atom stereocenters. The Bertz CT molecular complexity index is 1780. The maximum absolute atomic E-state index is 13.4. The smallest absolute Gasteiger partial charge is 0.407 e. The molecule has 1 saturated heterocycles. The zero-order chi connectivity index (χ0) is 41.4. The summed E-state index contributed by atoms with van der Waals surface area (Å²) in [6.45, 7) is 13.3. The molecule has 2 N–H and O–H groups in total. The molecule has 1 aliphatic heterocycles. The van der Waals surface area contributed by atoms with Crippen LogP contribution in [0.25, 0.3) is 0 Å². The predicted octanol–water partition coefficient (Wildman–Crippen LogP) is 9.36. The number of amides is 1. The lowest BCUT2D eigenvalue weighted by Crippen LogP contribution is -2.62. The molecule has 58 heavy (non-hydrogen) atoms. The third kappa shape index (κ3) is 15.4. The molecule has 0 spiro atoms. The molecule has 0 aliphatic carbocycles. The lowest BCUT2D eigenvalue weighted by atomic mass is 9.88. The van der Waals surface area contributed by atoms with Crippen molar-refractivity contribution in [2.75, 3.05) is 6.61 Å². The van der Waals surface area contributed by atoms with Gasteiger partial charge in [0.15, 0.2) is 0 Å². The summed E-state index contributed by atoms with van der Waals surface area (Å²) in [5, 5.41) is 14.7. The number of aliphatic hydroxyl groups is 1. The minimum atomic E-state index is -1.06. The van der Waals surface area contributed by atoms with Crippen molar-refractivity contribution in [3.8, 4) is 0 Å². The first-order chi connectivity index (χ1) is 27.8. The standard InChI is InChI=1S/C49H63NO8/c1-48(2,3)29-19-28-41(51)40(50-47(52)58-49(4,5)6)30-42-44(54-32-37-22-13-8-14-23-37)46(56-34-39-26-17-10-18-27-39)45(55-33-38-24-15-9-16-25-38)43(57-42)35-53-31-36-20-11-7-12-21-36/h7-28,40-46,51H,29-35H2,1-6H3,(H,50,52)/t40-,41+,42+,43+,44-,45-,46+/m0/s1. The molecule has 0 bridgehead atoms. The maximum Gasteiger partial charge on any atom is 0.407 e. The zero-order valence-corrected chi connectivity index (χ0v) is 35.0. The lowest BCUT2D eigenvalue weighted by Gasteiger charge is -2.47. The van der Waals surface area contributed by atoms with Gasteiger partial charge >= 0.3 is 6.09 Å². The van der Waals surface area contributed by atoms with Gasteiger partial charge in [-0.2, -0.15) is 0 Å². The van der Waals surface area contributed by atoms with E-state index >= 15 is 0 Å². The van der Waals surface area contributed by atoms with Crippen LogP contribution >= 0.6 is 0 Å². The van der Waals surface area contributed by atoms with Crippen LogP contribution in [0.3, 0.4) is 0 Å². The van der Waals surface area contributed by atoms with Crippen molar-refractivity contribution in [3.05, 3.63) is 156 Å². The van der Waals surface area contributed by atoms with Crippen LogP contribution in [0.5, 0.6) is 0 Å². The van der Waals surface area contributed by atoms with E-state index in [0.717, 1.165) is 28.7 Å². The Morgan fingerprint density at radius 1 is 0.655 bits per heavy atom. The van der Waals surface area contributed by atoms with Crippen LogP contribution in [-0.4, -0.2) is 66.1 Å². The van der Waals surface area contributed by atoms with Gasteiger partial charge in [-0.1, -0.05) is 154 Å². The van der Waals surface area contributed by atoms with E-state index in [0.29, 0.717) is 19.8 Å². The molecule has 9 nitrogen and oxygen atoms in total. The number of nitrogens with one attached hydrogen (secondary N) is 1. The summed E-state index contributed by atoms with van der Waals surface area (Å²) in [4.78, 5) is 13.4. The summed E-state index contributed by atoms with van der Waals surface area (Å²) >= 11 is 0. The summed E-state index contributed by atoms with van der Waals surface area (Å²) in [7, 11) is 0. The fraction of sp³-hybridized carbons (Fsp3) is 0.449. The minimum Gasteiger partial charge on any atom is -0.444 e. The number of hydrogen-bond acceptors (Lipinski definition) is 8. The molecular formula is C49H63NO8. The van der Waals surface area contributed by atoms with Crippen molar-refractivity contribution < 1.29 is 38.3 Å². The number of allylic oxidation sites excluding steroid dienone is 1. The van der Waals surface area contributed by atoms with Crippen LogP contribution in [0.4, 0.5) is 4.79 Å². The van der Waals surface area contributed by atoms with Crippen molar-refractivity contribution in [1.82, 2.24) is 5.32 Å². The molecule has 4 aromatic carbocycles. The van der Waals surface area contributed by atoms with E-state index in [2.05, 4.69) is 26.1 Å². The fourth-order valence-electron chi connectivity index (χ4n) is 6.76. The van der Waals surface area contributed by atoms with Gasteiger partial charge in [-0.15, -0.1) is 0 Å². The Morgan fingerprint density at radius 3 is 1.53 bits per heavy atom. The predicted molar refractivity (Wildman–Crippen MR) is 227 cm³/mol. The van der Waals surface area contributed by atoms with E-state index in [9.17, 15) is 9.90 Å². The molecule has 1 fully saturated rings. The average Bonchev–Trinajstić information content (AvgIpc) is 3.19. The number of carbonyl (C=O) groups excluding carboxylic acids is 1. The van der Waals surface area contributed by atoms with E-state index in [4.69, 9.17) is 28.4 Å². The Morgan fingerprint density at radius 2 is 1.09 bits per heavy atom. The first-order valence-corrected chi connectivity index (χ1v) is 20.4. The normalized spacial score (nSPS) is 21.1. The van der Waals surface area contributed by atoms with Gasteiger partial charge in [-0.25, -0.2) is 4.79 Å². The van der Waals surface area contributed by atoms with Gasteiger partial charge in [0.25, 0.3) is 0 Å². The SMILES string of the molecule is CC(C)(C)CC=C[C@@H](O)[C@H](C[C@H]1O[C@H](COCc2ccccc2)[C@H](OCc2ccccc2)[C@H](OCc2ccccc2)[C@H]1OCc1ccccc1)NC(=O)OC(C)(C)C. The van der Waals surface area contributed by atoms with Crippen LogP contribution in [0.2, 0.25) is 0 Å². The average molecular weight is 794 g/mol. The molecular weight excluding hydrogens is 731 g/mol.